The third-order valence-corrected chi connectivity index (χ3v) is 3.04. The van der Waals surface area contributed by atoms with Gasteiger partial charge in [-0.3, -0.25) is 4.79 Å². The first-order valence-corrected chi connectivity index (χ1v) is 6.93. The molecule has 0 aliphatic rings. The second kappa shape index (κ2) is 8.06. The maximum atomic E-state index is 12.9. The SMILES string of the molecule is CCOC(=O)C(/N=N/c1ccc(F)cc1Br)C(=O)CCl. The molecular formula is C12H11BrClFN2O3. The lowest BCUT2D eigenvalue weighted by atomic mass is 10.2. The molecule has 1 unspecified atom stereocenters. The van der Waals surface area contributed by atoms with Crippen molar-refractivity contribution in [3.05, 3.63) is 28.5 Å². The van der Waals surface area contributed by atoms with Gasteiger partial charge in [-0.05, 0) is 41.1 Å². The Balaban J connectivity index is 2.96. The van der Waals surface area contributed by atoms with Crippen molar-refractivity contribution in [1.29, 1.82) is 0 Å². The monoisotopic (exact) mass is 364 g/mol. The summed E-state index contributed by atoms with van der Waals surface area (Å²) in [7, 11) is 0. The Morgan fingerprint density at radius 2 is 2.20 bits per heavy atom. The standard InChI is InChI=1S/C12H11BrClFN2O3/c1-2-20-12(19)11(10(18)6-14)17-16-9-4-3-7(15)5-8(9)13/h3-5,11H,2,6H2,1H3/b17-16+. The molecule has 0 aromatic heterocycles. The highest BCUT2D eigenvalue weighted by Crippen LogP contribution is 2.26. The fourth-order valence-corrected chi connectivity index (χ4v) is 1.80. The van der Waals surface area contributed by atoms with Gasteiger partial charge in [0.15, 0.2) is 5.78 Å². The molecule has 0 aliphatic carbocycles. The van der Waals surface area contributed by atoms with Crippen molar-refractivity contribution in [3.63, 3.8) is 0 Å². The van der Waals surface area contributed by atoms with Gasteiger partial charge in [-0.1, -0.05) is 0 Å². The maximum Gasteiger partial charge on any atom is 0.340 e. The normalized spacial score (nSPS) is 12.4. The van der Waals surface area contributed by atoms with Crippen LogP contribution in [0.2, 0.25) is 0 Å². The van der Waals surface area contributed by atoms with E-state index in [4.69, 9.17) is 16.3 Å². The lowest BCUT2D eigenvalue weighted by Gasteiger charge is -2.07. The van der Waals surface area contributed by atoms with Gasteiger partial charge in [-0.15, -0.1) is 11.6 Å². The van der Waals surface area contributed by atoms with E-state index >= 15 is 0 Å². The zero-order chi connectivity index (χ0) is 15.1. The van der Waals surface area contributed by atoms with Gasteiger partial charge in [0.05, 0.1) is 18.2 Å². The minimum Gasteiger partial charge on any atom is -0.464 e. The molecule has 0 fully saturated rings. The highest BCUT2D eigenvalue weighted by atomic mass is 79.9. The number of ether oxygens (including phenoxy) is 1. The van der Waals surface area contributed by atoms with E-state index in [1.54, 1.807) is 6.92 Å². The van der Waals surface area contributed by atoms with Crippen LogP contribution in [0.25, 0.3) is 0 Å². The van der Waals surface area contributed by atoms with E-state index in [9.17, 15) is 14.0 Å². The second-order valence-electron chi connectivity index (χ2n) is 3.57. The molecule has 8 heteroatoms. The predicted molar refractivity (Wildman–Crippen MR) is 74.8 cm³/mol. The lowest BCUT2D eigenvalue weighted by Crippen LogP contribution is -2.30. The number of halogens is 3. The number of Topliss-reactive ketones (excluding diaryl/α,β-unsaturated/α-hetero) is 1. The van der Waals surface area contributed by atoms with E-state index < -0.39 is 23.6 Å². The van der Waals surface area contributed by atoms with Gasteiger partial charge in [0.2, 0.25) is 6.04 Å². The Morgan fingerprint density at radius 1 is 1.50 bits per heavy atom. The molecule has 108 valence electrons. The summed E-state index contributed by atoms with van der Waals surface area (Å²) >= 11 is 8.51. The van der Waals surface area contributed by atoms with Crippen molar-refractivity contribution in [2.75, 3.05) is 12.5 Å². The Hall–Kier alpha value is -1.34. The van der Waals surface area contributed by atoms with Gasteiger partial charge in [0, 0.05) is 4.47 Å². The zero-order valence-corrected chi connectivity index (χ0v) is 12.8. The molecule has 0 saturated carbocycles. The van der Waals surface area contributed by atoms with Crippen molar-refractivity contribution < 1.29 is 18.7 Å². The summed E-state index contributed by atoms with van der Waals surface area (Å²) in [6.07, 6.45) is 0. The number of hydrogen-bond donors (Lipinski definition) is 0. The number of hydrogen-bond acceptors (Lipinski definition) is 5. The van der Waals surface area contributed by atoms with Crippen LogP contribution in [0.15, 0.2) is 32.9 Å². The second-order valence-corrected chi connectivity index (χ2v) is 4.69. The molecule has 0 saturated heterocycles. The molecule has 0 bridgehead atoms. The number of ketones is 1. The molecular weight excluding hydrogens is 354 g/mol. The number of azo groups is 1. The van der Waals surface area contributed by atoms with Crippen LogP contribution in [0.1, 0.15) is 6.92 Å². The third kappa shape index (κ3) is 4.64. The number of benzene rings is 1. The summed E-state index contributed by atoms with van der Waals surface area (Å²) in [6.45, 7) is 1.72. The van der Waals surface area contributed by atoms with Crippen LogP contribution in [0.4, 0.5) is 10.1 Å². The average molecular weight is 366 g/mol. The third-order valence-electron chi connectivity index (χ3n) is 2.14. The van der Waals surface area contributed by atoms with Crippen LogP contribution in [-0.2, 0) is 14.3 Å². The van der Waals surface area contributed by atoms with Gasteiger partial charge >= 0.3 is 5.97 Å². The van der Waals surface area contributed by atoms with Crippen molar-refractivity contribution in [3.8, 4) is 0 Å². The molecule has 0 N–H and O–H groups in total. The number of alkyl halides is 1. The smallest absolute Gasteiger partial charge is 0.340 e. The molecule has 0 heterocycles. The van der Waals surface area contributed by atoms with Crippen LogP contribution in [0.5, 0.6) is 0 Å². The number of carbonyl (C=O) groups excluding carboxylic acids is 2. The Morgan fingerprint density at radius 3 is 2.75 bits per heavy atom. The first kappa shape index (κ1) is 16.7. The topological polar surface area (TPSA) is 68.1 Å². The lowest BCUT2D eigenvalue weighted by molar-refractivity contribution is -0.147. The fraction of sp³-hybridized carbons (Fsp3) is 0.333. The molecule has 20 heavy (non-hydrogen) atoms. The van der Waals surface area contributed by atoms with E-state index in [1.807, 2.05) is 0 Å². The van der Waals surface area contributed by atoms with Crippen molar-refractivity contribution in [2.45, 2.75) is 13.0 Å². The molecule has 0 spiro atoms. The Bertz CT molecular complexity index is 539. The predicted octanol–water partition coefficient (Wildman–Crippen LogP) is 3.41. The van der Waals surface area contributed by atoms with Crippen LogP contribution in [0.3, 0.4) is 0 Å². The summed E-state index contributed by atoms with van der Waals surface area (Å²) < 4.78 is 18.0. The van der Waals surface area contributed by atoms with E-state index in [1.165, 1.54) is 18.2 Å². The van der Waals surface area contributed by atoms with Crippen molar-refractivity contribution >= 4 is 45.0 Å². The Kier molecular flexibility index (Phi) is 6.74. The van der Waals surface area contributed by atoms with Crippen LogP contribution >= 0.6 is 27.5 Å². The zero-order valence-electron chi connectivity index (χ0n) is 10.5. The summed E-state index contributed by atoms with van der Waals surface area (Å²) in [5.74, 6) is -2.27. The van der Waals surface area contributed by atoms with Crippen LogP contribution < -0.4 is 0 Å². The molecule has 0 amide bonds. The largest absolute Gasteiger partial charge is 0.464 e. The van der Waals surface area contributed by atoms with Crippen molar-refractivity contribution in [1.82, 2.24) is 0 Å². The quantitative estimate of drug-likeness (QED) is 0.336. The highest BCUT2D eigenvalue weighted by molar-refractivity contribution is 9.10. The van der Waals surface area contributed by atoms with E-state index in [0.717, 1.165) is 0 Å². The van der Waals surface area contributed by atoms with Gasteiger partial charge < -0.3 is 4.74 Å². The first-order chi connectivity index (χ1) is 9.49. The number of carbonyl (C=O) groups is 2. The molecule has 1 aromatic carbocycles. The number of rotatable bonds is 6. The van der Waals surface area contributed by atoms with E-state index in [0.29, 0.717) is 4.47 Å². The van der Waals surface area contributed by atoms with Gasteiger partial charge in [-0.25, -0.2) is 9.18 Å². The highest BCUT2D eigenvalue weighted by Gasteiger charge is 2.27. The van der Waals surface area contributed by atoms with Crippen LogP contribution in [-0.4, -0.2) is 30.3 Å². The van der Waals surface area contributed by atoms with Gasteiger partial charge in [0.25, 0.3) is 0 Å². The molecule has 1 aromatic rings. The van der Waals surface area contributed by atoms with Gasteiger partial charge in [-0.2, -0.15) is 10.2 Å². The minimum absolute atomic E-state index is 0.112. The molecule has 0 radical (unpaired) electrons. The fourth-order valence-electron chi connectivity index (χ4n) is 1.22. The average Bonchev–Trinajstić information content (AvgIpc) is 2.41. The van der Waals surface area contributed by atoms with E-state index in [-0.39, 0.29) is 18.2 Å². The molecule has 1 atom stereocenters. The summed E-state index contributed by atoms with van der Waals surface area (Å²) in [5, 5.41) is 7.39. The molecule has 5 nitrogen and oxygen atoms in total. The van der Waals surface area contributed by atoms with E-state index in [2.05, 4.69) is 26.2 Å². The maximum absolute atomic E-state index is 12.9. The number of esters is 1. The first-order valence-electron chi connectivity index (χ1n) is 5.60. The minimum atomic E-state index is -1.41. The van der Waals surface area contributed by atoms with Gasteiger partial charge in [0.1, 0.15) is 5.82 Å². The summed E-state index contributed by atoms with van der Waals surface area (Å²) in [6, 6.07) is 2.32. The van der Waals surface area contributed by atoms with Crippen molar-refractivity contribution in [2.24, 2.45) is 10.2 Å². The molecule has 0 aliphatic heterocycles. The number of nitrogens with zero attached hydrogens (tertiary/aromatic N) is 2. The van der Waals surface area contributed by atoms with Crippen LogP contribution in [0, 0.1) is 5.82 Å². The summed E-state index contributed by atoms with van der Waals surface area (Å²) in [4.78, 5) is 23.1. The summed E-state index contributed by atoms with van der Waals surface area (Å²) in [5.41, 5.74) is 0.281. The Labute approximate surface area is 128 Å². The molecule has 1 rings (SSSR count).